The van der Waals surface area contributed by atoms with Gasteiger partial charge in [0, 0.05) is 0 Å². The van der Waals surface area contributed by atoms with E-state index in [-0.39, 0.29) is 0 Å². The van der Waals surface area contributed by atoms with Crippen LogP contribution in [0.3, 0.4) is 0 Å². The van der Waals surface area contributed by atoms with E-state index in [4.69, 9.17) is 5.41 Å². The average Bonchev–Trinajstić information content (AvgIpc) is 1.27. The number of rotatable bonds is 1. The Morgan fingerprint density at radius 2 is 2.14 bits per heavy atom. The van der Waals surface area contributed by atoms with Crippen molar-refractivity contribution in [3.05, 3.63) is 0 Å². The van der Waals surface area contributed by atoms with Gasteiger partial charge in [-0.1, -0.05) is 0 Å². The minimum atomic E-state index is -2.32. The van der Waals surface area contributed by atoms with Gasteiger partial charge in [-0.05, 0) is 0 Å². The van der Waals surface area contributed by atoms with Crippen LogP contribution >= 0.6 is 0 Å². The van der Waals surface area contributed by atoms with E-state index >= 15 is 0 Å². The Bertz CT molecular complexity index is 182. The van der Waals surface area contributed by atoms with E-state index in [1.165, 1.54) is 0 Å². The van der Waals surface area contributed by atoms with Crippen LogP contribution in [0.2, 0.25) is 0 Å². The van der Waals surface area contributed by atoms with Gasteiger partial charge in [-0.15, -0.1) is 0 Å². The quantitative estimate of drug-likeness (QED) is 0.253. The summed E-state index contributed by atoms with van der Waals surface area (Å²) in [6.45, 7) is 0. The first-order chi connectivity index (χ1) is 3.13. The molecule has 0 aromatic carbocycles. The van der Waals surface area contributed by atoms with Gasteiger partial charge in [0.25, 0.3) is 0 Å². The summed E-state index contributed by atoms with van der Waals surface area (Å²) in [6.07, 6.45) is 0. The summed E-state index contributed by atoms with van der Waals surface area (Å²) >= 11 is 0. The molecule has 0 bridgehead atoms. The number of hydrogen-bond donors (Lipinski definition) is 2. The molecular formula is C2H4N2O2S. The average molecular weight is 120 g/mol. The second-order valence-electron chi connectivity index (χ2n) is 0.834. The fraction of sp³-hybridized carbons (Fsp3) is 0. The van der Waals surface area contributed by atoms with Crippen LogP contribution in [0.1, 0.15) is 0 Å². The Morgan fingerprint density at radius 1 is 1.71 bits per heavy atom. The van der Waals surface area contributed by atoms with Gasteiger partial charge in [0.2, 0.25) is 10.3 Å². The number of nitrogens with one attached hydrogen (secondary N) is 1. The highest BCUT2D eigenvalue weighted by molar-refractivity contribution is 7.73. The molecule has 0 fully saturated rings. The third-order valence-corrected chi connectivity index (χ3v) is 0.670. The van der Waals surface area contributed by atoms with Crippen molar-refractivity contribution < 1.29 is 8.42 Å². The van der Waals surface area contributed by atoms with Crippen LogP contribution in [0, 0.1) is 5.41 Å². The Morgan fingerprint density at radius 3 is 2.14 bits per heavy atom. The van der Waals surface area contributed by atoms with E-state index in [2.05, 4.69) is 5.73 Å². The van der Waals surface area contributed by atoms with Gasteiger partial charge in [0.1, 0.15) is 5.84 Å². The molecule has 0 aromatic heterocycles. The Hall–Kier alpha value is -0.840. The van der Waals surface area contributed by atoms with Crippen LogP contribution in [0.15, 0.2) is 0 Å². The molecule has 0 radical (unpaired) electrons. The molecule has 4 nitrogen and oxygen atoms in total. The number of hydrogen-bond acceptors (Lipinski definition) is 3. The van der Waals surface area contributed by atoms with Crippen molar-refractivity contribution in [2.45, 2.75) is 0 Å². The zero-order valence-electron chi connectivity index (χ0n) is 3.38. The largest absolute Gasteiger partial charge is 0.383 e. The van der Waals surface area contributed by atoms with Crippen molar-refractivity contribution in [2.75, 3.05) is 0 Å². The van der Waals surface area contributed by atoms with Crippen molar-refractivity contribution in [3.8, 4) is 0 Å². The van der Waals surface area contributed by atoms with Crippen molar-refractivity contribution in [1.29, 1.82) is 5.41 Å². The SMILES string of the molecule is N=C(N)C=S(=O)=O. The maximum atomic E-state index is 9.53. The maximum Gasteiger partial charge on any atom is 0.217 e. The smallest absolute Gasteiger partial charge is 0.217 e. The van der Waals surface area contributed by atoms with E-state index in [1.54, 1.807) is 0 Å². The first kappa shape index (κ1) is 6.16. The molecule has 0 aliphatic carbocycles. The Kier molecular flexibility index (Phi) is 2.07. The van der Waals surface area contributed by atoms with Crippen molar-refractivity contribution in [1.82, 2.24) is 0 Å². The second kappa shape index (κ2) is 2.35. The summed E-state index contributed by atoms with van der Waals surface area (Å²) in [5, 5.41) is 6.96. The predicted molar refractivity (Wildman–Crippen MR) is 26.9 cm³/mol. The third kappa shape index (κ3) is 5.16. The van der Waals surface area contributed by atoms with Crippen LogP contribution in [0.4, 0.5) is 0 Å². The molecule has 0 saturated carbocycles. The summed E-state index contributed by atoms with van der Waals surface area (Å²) in [5.74, 6) is -0.451. The van der Waals surface area contributed by atoms with Gasteiger partial charge in [-0.3, -0.25) is 5.41 Å². The number of nitrogens with two attached hydrogens (primary N) is 1. The lowest BCUT2D eigenvalue weighted by Crippen LogP contribution is -2.10. The molecular weight excluding hydrogens is 116 g/mol. The van der Waals surface area contributed by atoms with E-state index < -0.39 is 16.1 Å². The van der Waals surface area contributed by atoms with Crippen molar-refractivity contribution >= 4 is 21.5 Å². The maximum absolute atomic E-state index is 9.53. The van der Waals surface area contributed by atoms with Gasteiger partial charge < -0.3 is 5.73 Å². The zero-order chi connectivity index (χ0) is 5.86. The monoisotopic (exact) mass is 120 g/mol. The highest BCUT2D eigenvalue weighted by Crippen LogP contribution is 1.42. The molecule has 5 heteroatoms. The molecule has 0 spiro atoms. The van der Waals surface area contributed by atoms with Gasteiger partial charge in [-0.25, -0.2) is 0 Å². The normalized spacial score (nSPS) is 7.43. The lowest BCUT2D eigenvalue weighted by Gasteiger charge is -1.70. The standard InChI is InChI=1S/C2H4N2O2S/c3-2(4)1-7(5)6/h1H,(H3,3,4). The molecule has 40 valence electrons. The molecule has 3 N–H and O–H groups in total. The third-order valence-electron chi connectivity index (χ3n) is 0.223. The first-order valence-corrected chi connectivity index (χ1v) is 2.53. The number of amidine groups is 1. The minimum Gasteiger partial charge on any atom is -0.383 e. The molecule has 0 saturated heterocycles. The molecule has 0 aliphatic heterocycles. The van der Waals surface area contributed by atoms with Crippen LogP contribution in [0.5, 0.6) is 0 Å². The minimum absolute atomic E-state index is 0.451. The van der Waals surface area contributed by atoms with Crippen LogP contribution < -0.4 is 5.73 Å². The van der Waals surface area contributed by atoms with Gasteiger partial charge in [0.05, 0.1) is 5.37 Å². The summed E-state index contributed by atoms with van der Waals surface area (Å²) in [4.78, 5) is 0. The van der Waals surface area contributed by atoms with E-state index in [9.17, 15) is 8.42 Å². The second-order valence-corrected chi connectivity index (χ2v) is 1.59. The van der Waals surface area contributed by atoms with Gasteiger partial charge >= 0.3 is 0 Å². The lowest BCUT2D eigenvalue weighted by molar-refractivity contribution is 0.627. The topological polar surface area (TPSA) is 84.0 Å². The summed E-state index contributed by atoms with van der Waals surface area (Å²) in [5.41, 5.74) is 4.63. The lowest BCUT2D eigenvalue weighted by atomic mass is 10.7. The highest BCUT2D eigenvalue weighted by atomic mass is 32.2. The molecule has 0 heterocycles. The molecule has 0 aromatic rings. The van der Waals surface area contributed by atoms with Crippen LogP contribution in [0.25, 0.3) is 0 Å². The molecule has 0 rings (SSSR count). The zero-order valence-corrected chi connectivity index (χ0v) is 4.20. The van der Waals surface area contributed by atoms with Crippen molar-refractivity contribution in [3.63, 3.8) is 0 Å². The Labute approximate surface area is 42.0 Å². The van der Waals surface area contributed by atoms with E-state index in [0.717, 1.165) is 0 Å². The molecule has 0 amide bonds. The Balaban J connectivity index is 4.26. The van der Waals surface area contributed by atoms with E-state index in [1.807, 2.05) is 0 Å². The van der Waals surface area contributed by atoms with Crippen molar-refractivity contribution in [2.24, 2.45) is 5.73 Å². The summed E-state index contributed by atoms with van der Waals surface area (Å²) in [6, 6.07) is 0. The summed E-state index contributed by atoms with van der Waals surface area (Å²) in [7, 11) is -2.32. The molecule has 7 heavy (non-hydrogen) atoms. The highest BCUT2D eigenvalue weighted by Gasteiger charge is 1.74. The fourth-order valence-corrected chi connectivity index (χ4v) is 0.311. The fourth-order valence-electron chi connectivity index (χ4n) is 0.104. The van der Waals surface area contributed by atoms with Gasteiger partial charge in [-0.2, -0.15) is 8.42 Å². The van der Waals surface area contributed by atoms with Crippen LogP contribution in [-0.2, 0) is 10.3 Å². The first-order valence-electron chi connectivity index (χ1n) is 1.40. The van der Waals surface area contributed by atoms with Gasteiger partial charge in [0.15, 0.2) is 0 Å². The molecule has 0 aliphatic rings. The van der Waals surface area contributed by atoms with E-state index in [0.29, 0.717) is 5.37 Å². The molecule has 0 atom stereocenters. The van der Waals surface area contributed by atoms with Crippen LogP contribution in [-0.4, -0.2) is 19.6 Å². The summed E-state index contributed by atoms with van der Waals surface area (Å²) < 4.78 is 19.1. The predicted octanol–water partition coefficient (Wildman–Crippen LogP) is -1.40. The molecule has 0 unspecified atom stereocenters.